The van der Waals surface area contributed by atoms with Crippen LogP contribution in [0, 0.1) is 11.8 Å². The van der Waals surface area contributed by atoms with Gasteiger partial charge in [0.05, 0.1) is 12.6 Å². The Bertz CT molecular complexity index is 349. The quantitative estimate of drug-likeness (QED) is 0.558. The number of hydrogen-bond acceptors (Lipinski definition) is 4. The third-order valence-corrected chi connectivity index (χ3v) is 4.31. The van der Waals surface area contributed by atoms with Gasteiger partial charge < -0.3 is 20.7 Å². The first kappa shape index (κ1) is 15.3. The molecule has 0 radical (unpaired) electrons. The number of rotatable bonds is 7. The molecule has 6 nitrogen and oxygen atoms in total. The summed E-state index contributed by atoms with van der Waals surface area (Å²) in [6.45, 7) is 2.37. The van der Waals surface area contributed by atoms with Crippen LogP contribution in [0.1, 0.15) is 25.7 Å². The van der Waals surface area contributed by atoms with Crippen molar-refractivity contribution in [3.05, 3.63) is 0 Å². The summed E-state index contributed by atoms with van der Waals surface area (Å²) < 4.78 is 4.85. The van der Waals surface area contributed by atoms with Gasteiger partial charge in [0, 0.05) is 26.6 Å². The van der Waals surface area contributed by atoms with Crippen molar-refractivity contribution in [2.24, 2.45) is 11.8 Å². The van der Waals surface area contributed by atoms with Gasteiger partial charge in [-0.05, 0) is 31.2 Å². The molecule has 1 aliphatic heterocycles. The summed E-state index contributed by atoms with van der Waals surface area (Å²) in [5.74, 6) is 1.15. The number of amides is 2. The van der Waals surface area contributed by atoms with Crippen molar-refractivity contribution in [2.45, 2.75) is 31.7 Å². The van der Waals surface area contributed by atoms with Gasteiger partial charge in [0.15, 0.2) is 0 Å². The van der Waals surface area contributed by atoms with Gasteiger partial charge in [0.1, 0.15) is 0 Å². The number of nitrogens with one attached hydrogen (secondary N) is 3. The zero-order chi connectivity index (χ0) is 14.4. The van der Waals surface area contributed by atoms with E-state index in [1.807, 2.05) is 0 Å². The first-order chi connectivity index (χ1) is 9.72. The predicted octanol–water partition coefficient (Wildman–Crippen LogP) is -0.357. The molecule has 0 spiro atoms. The van der Waals surface area contributed by atoms with E-state index in [9.17, 15) is 9.59 Å². The average molecular weight is 283 g/mol. The number of fused-ring (bicyclic) bond motifs is 1. The van der Waals surface area contributed by atoms with Crippen molar-refractivity contribution in [3.63, 3.8) is 0 Å². The van der Waals surface area contributed by atoms with E-state index in [1.165, 1.54) is 12.8 Å². The van der Waals surface area contributed by atoms with Crippen LogP contribution in [0.25, 0.3) is 0 Å². The SMILES string of the molecule is COCCNC(=O)CCNC(=O)C1NCC2CCCC21. The normalized spacial score (nSPS) is 28.1. The topological polar surface area (TPSA) is 79.5 Å². The Labute approximate surface area is 120 Å². The number of ether oxygens (including phenoxy) is 1. The van der Waals surface area contributed by atoms with Gasteiger partial charge in [-0.3, -0.25) is 9.59 Å². The van der Waals surface area contributed by atoms with Gasteiger partial charge in [-0.2, -0.15) is 0 Å². The fourth-order valence-electron chi connectivity index (χ4n) is 3.26. The second kappa shape index (κ2) is 7.59. The van der Waals surface area contributed by atoms with E-state index < -0.39 is 0 Å². The lowest BCUT2D eigenvalue weighted by molar-refractivity contribution is -0.124. The third kappa shape index (κ3) is 3.93. The second-order valence-corrected chi connectivity index (χ2v) is 5.62. The molecule has 0 bridgehead atoms. The minimum absolute atomic E-state index is 0.0455. The highest BCUT2D eigenvalue weighted by atomic mass is 16.5. The molecule has 0 aromatic rings. The van der Waals surface area contributed by atoms with Crippen molar-refractivity contribution in [3.8, 4) is 0 Å². The van der Waals surface area contributed by atoms with Crippen molar-refractivity contribution in [2.75, 3.05) is 33.4 Å². The van der Waals surface area contributed by atoms with E-state index in [0.717, 1.165) is 13.0 Å². The Kier molecular flexibility index (Phi) is 5.79. The number of methoxy groups -OCH3 is 1. The lowest BCUT2D eigenvalue weighted by atomic mass is 9.93. The van der Waals surface area contributed by atoms with Crippen LogP contribution >= 0.6 is 0 Å². The van der Waals surface area contributed by atoms with E-state index in [1.54, 1.807) is 7.11 Å². The molecule has 2 aliphatic rings. The standard InChI is InChI=1S/C14H25N3O3/c1-20-8-7-15-12(18)5-6-16-14(19)13-11-4-2-3-10(11)9-17-13/h10-11,13,17H,2-9H2,1H3,(H,15,18)(H,16,19). The summed E-state index contributed by atoms with van der Waals surface area (Å²) in [6.07, 6.45) is 3.94. The summed E-state index contributed by atoms with van der Waals surface area (Å²) >= 11 is 0. The van der Waals surface area contributed by atoms with E-state index in [4.69, 9.17) is 4.74 Å². The molecule has 3 unspecified atom stereocenters. The molecule has 2 fully saturated rings. The molecule has 2 rings (SSSR count). The Morgan fingerprint density at radius 3 is 2.90 bits per heavy atom. The highest BCUT2D eigenvalue weighted by molar-refractivity contribution is 5.83. The highest BCUT2D eigenvalue weighted by Gasteiger charge is 2.42. The van der Waals surface area contributed by atoms with Gasteiger partial charge >= 0.3 is 0 Å². The van der Waals surface area contributed by atoms with E-state index in [2.05, 4.69) is 16.0 Å². The van der Waals surface area contributed by atoms with Gasteiger partial charge in [0.2, 0.25) is 11.8 Å². The summed E-state index contributed by atoms with van der Waals surface area (Å²) in [6, 6.07) is -0.0564. The molecule has 0 aromatic carbocycles. The molecule has 6 heteroatoms. The van der Waals surface area contributed by atoms with Gasteiger partial charge in [-0.1, -0.05) is 6.42 Å². The largest absolute Gasteiger partial charge is 0.383 e. The molecule has 3 atom stereocenters. The third-order valence-electron chi connectivity index (χ3n) is 4.31. The summed E-state index contributed by atoms with van der Waals surface area (Å²) in [5, 5.41) is 8.91. The predicted molar refractivity (Wildman–Crippen MR) is 75.1 cm³/mol. The molecule has 1 aliphatic carbocycles. The zero-order valence-electron chi connectivity index (χ0n) is 12.1. The van der Waals surface area contributed by atoms with E-state index in [-0.39, 0.29) is 17.9 Å². The minimum Gasteiger partial charge on any atom is -0.383 e. The van der Waals surface area contributed by atoms with Crippen molar-refractivity contribution >= 4 is 11.8 Å². The fraction of sp³-hybridized carbons (Fsp3) is 0.857. The Morgan fingerprint density at radius 2 is 2.10 bits per heavy atom. The van der Waals surface area contributed by atoms with Crippen LogP contribution in [0.5, 0.6) is 0 Å². The second-order valence-electron chi connectivity index (χ2n) is 5.62. The van der Waals surface area contributed by atoms with Crippen LogP contribution in [-0.2, 0) is 14.3 Å². The number of carbonyl (C=O) groups excluding carboxylic acids is 2. The first-order valence-corrected chi connectivity index (χ1v) is 7.49. The Balaban J connectivity index is 1.62. The van der Waals surface area contributed by atoms with Gasteiger partial charge in [-0.15, -0.1) is 0 Å². The highest BCUT2D eigenvalue weighted by Crippen LogP contribution is 2.37. The molecule has 0 aromatic heterocycles. The van der Waals surface area contributed by atoms with E-state index in [0.29, 0.717) is 38.0 Å². The lowest BCUT2D eigenvalue weighted by Gasteiger charge is -2.17. The molecule has 2 amide bonds. The van der Waals surface area contributed by atoms with Crippen molar-refractivity contribution in [1.82, 2.24) is 16.0 Å². The molecular weight excluding hydrogens is 258 g/mol. The lowest BCUT2D eigenvalue weighted by Crippen LogP contribution is -2.44. The van der Waals surface area contributed by atoms with Gasteiger partial charge in [0.25, 0.3) is 0 Å². The average Bonchev–Trinajstić information content (AvgIpc) is 3.01. The molecule has 114 valence electrons. The maximum atomic E-state index is 12.1. The van der Waals surface area contributed by atoms with Crippen LogP contribution in [-0.4, -0.2) is 51.2 Å². The smallest absolute Gasteiger partial charge is 0.237 e. The van der Waals surface area contributed by atoms with Crippen LogP contribution in [0.4, 0.5) is 0 Å². The molecule has 1 saturated carbocycles. The fourth-order valence-corrected chi connectivity index (χ4v) is 3.26. The van der Waals surface area contributed by atoms with E-state index >= 15 is 0 Å². The Hall–Kier alpha value is -1.14. The zero-order valence-corrected chi connectivity index (χ0v) is 12.1. The van der Waals surface area contributed by atoms with Crippen molar-refractivity contribution in [1.29, 1.82) is 0 Å². The summed E-state index contributed by atoms with van der Waals surface area (Å²) in [5.41, 5.74) is 0. The molecule has 20 heavy (non-hydrogen) atoms. The van der Waals surface area contributed by atoms with Crippen LogP contribution in [0.15, 0.2) is 0 Å². The minimum atomic E-state index is -0.0564. The summed E-state index contributed by atoms with van der Waals surface area (Å²) in [4.78, 5) is 23.6. The molecular formula is C14H25N3O3. The number of hydrogen-bond donors (Lipinski definition) is 3. The molecule has 3 N–H and O–H groups in total. The number of carbonyl (C=O) groups is 2. The maximum Gasteiger partial charge on any atom is 0.237 e. The summed E-state index contributed by atoms with van der Waals surface area (Å²) in [7, 11) is 1.59. The maximum absolute atomic E-state index is 12.1. The first-order valence-electron chi connectivity index (χ1n) is 7.49. The van der Waals surface area contributed by atoms with Crippen molar-refractivity contribution < 1.29 is 14.3 Å². The monoisotopic (exact) mass is 283 g/mol. The molecule has 1 saturated heterocycles. The van der Waals surface area contributed by atoms with Crippen LogP contribution < -0.4 is 16.0 Å². The van der Waals surface area contributed by atoms with Gasteiger partial charge in [-0.25, -0.2) is 0 Å². The molecule has 1 heterocycles. The van der Waals surface area contributed by atoms with Crippen LogP contribution in [0.2, 0.25) is 0 Å². The van der Waals surface area contributed by atoms with Crippen LogP contribution in [0.3, 0.4) is 0 Å². The Morgan fingerprint density at radius 1 is 1.25 bits per heavy atom.